The number of benzene rings is 1. The summed E-state index contributed by atoms with van der Waals surface area (Å²) in [6.07, 6.45) is 8.45. The van der Waals surface area contributed by atoms with Crippen LogP contribution < -0.4 is 0 Å². The molecule has 0 atom stereocenters. The second-order valence-electron chi connectivity index (χ2n) is 5.54. The first-order valence-corrected chi connectivity index (χ1v) is 8.45. The molecular formula is C17H22Cl2NO. The second kappa shape index (κ2) is 8.77. The lowest BCUT2D eigenvalue weighted by Gasteiger charge is -2.26. The monoisotopic (exact) mass is 326 g/mol. The van der Waals surface area contributed by atoms with E-state index in [1.165, 1.54) is 25.9 Å². The molecule has 21 heavy (non-hydrogen) atoms. The molecule has 0 aliphatic carbocycles. The number of ketones is 1. The topological polar surface area (TPSA) is 20.3 Å². The average molecular weight is 327 g/mol. The molecule has 1 aliphatic rings. The summed E-state index contributed by atoms with van der Waals surface area (Å²) in [5.74, 6) is 0.0539. The first kappa shape index (κ1) is 16.8. The van der Waals surface area contributed by atoms with Crippen LogP contribution in [0.15, 0.2) is 18.2 Å². The Morgan fingerprint density at radius 3 is 2.38 bits per heavy atom. The van der Waals surface area contributed by atoms with Crippen molar-refractivity contribution in [1.82, 2.24) is 4.90 Å². The van der Waals surface area contributed by atoms with E-state index in [-0.39, 0.29) is 5.78 Å². The van der Waals surface area contributed by atoms with Gasteiger partial charge in [0.1, 0.15) is 0 Å². The number of nitrogens with zero attached hydrogens (tertiary/aromatic N) is 1. The van der Waals surface area contributed by atoms with Gasteiger partial charge in [-0.05, 0) is 63.9 Å². The lowest BCUT2D eigenvalue weighted by molar-refractivity contribution is 0.0979. The third-order valence-electron chi connectivity index (χ3n) is 3.92. The average Bonchev–Trinajstić information content (AvgIpc) is 2.48. The van der Waals surface area contributed by atoms with E-state index in [2.05, 4.69) is 11.3 Å². The molecule has 0 N–H and O–H groups in total. The maximum absolute atomic E-state index is 12.2. The Balaban J connectivity index is 1.67. The fraction of sp³-hybridized carbons (Fsp3) is 0.529. The van der Waals surface area contributed by atoms with E-state index < -0.39 is 0 Å². The smallest absolute Gasteiger partial charge is 0.165 e. The number of piperidine rings is 1. The molecule has 0 amide bonds. The first-order valence-electron chi connectivity index (χ1n) is 7.69. The normalized spacial score (nSPS) is 16.1. The van der Waals surface area contributed by atoms with E-state index in [4.69, 9.17) is 23.2 Å². The van der Waals surface area contributed by atoms with E-state index >= 15 is 0 Å². The lowest BCUT2D eigenvalue weighted by Crippen LogP contribution is -2.30. The molecule has 1 aromatic carbocycles. The molecule has 1 heterocycles. The van der Waals surface area contributed by atoms with Gasteiger partial charge in [-0.25, -0.2) is 0 Å². The minimum absolute atomic E-state index is 0.0539. The van der Waals surface area contributed by atoms with E-state index in [9.17, 15) is 4.79 Å². The van der Waals surface area contributed by atoms with Crippen LogP contribution in [0.25, 0.3) is 0 Å². The van der Waals surface area contributed by atoms with Crippen molar-refractivity contribution in [1.29, 1.82) is 0 Å². The van der Waals surface area contributed by atoms with Gasteiger partial charge in [-0.2, -0.15) is 0 Å². The molecule has 2 nitrogen and oxygen atoms in total. The van der Waals surface area contributed by atoms with Crippen molar-refractivity contribution in [2.45, 2.75) is 38.5 Å². The maximum atomic E-state index is 12.2. The summed E-state index contributed by atoms with van der Waals surface area (Å²) in [7, 11) is 0. The van der Waals surface area contributed by atoms with Crippen LogP contribution >= 0.6 is 23.2 Å². The van der Waals surface area contributed by atoms with Gasteiger partial charge in [0.15, 0.2) is 5.78 Å². The standard InChI is InChI=1S/C17H22Cl2NO/c18-14-8-7-9-15(19)17(14)16(21)10-3-1-4-11-20-12-5-2-6-13-20/h2,7-9H,1,3-6,10-13H2. The fourth-order valence-electron chi connectivity index (χ4n) is 2.71. The van der Waals surface area contributed by atoms with E-state index in [0.717, 1.165) is 25.8 Å². The number of rotatable bonds is 7. The quantitative estimate of drug-likeness (QED) is 0.517. The van der Waals surface area contributed by atoms with Crippen molar-refractivity contribution in [2.24, 2.45) is 0 Å². The Morgan fingerprint density at radius 1 is 1.05 bits per heavy atom. The van der Waals surface area contributed by atoms with Crippen molar-refractivity contribution in [3.8, 4) is 0 Å². The molecule has 0 bridgehead atoms. The SMILES string of the molecule is O=C(CCCCCN1CC[CH]CC1)c1c(Cl)cccc1Cl. The Bertz CT molecular complexity index is 450. The highest BCUT2D eigenvalue weighted by Gasteiger charge is 2.14. The zero-order valence-electron chi connectivity index (χ0n) is 12.3. The van der Waals surface area contributed by atoms with Gasteiger partial charge in [0, 0.05) is 6.42 Å². The van der Waals surface area contributed by atoms with E-state index in [1.807, 2.05) is 0 Å². The number of halogens is 2. The molecule has 4 heteroatoms. The number of Topliss-reactive ketones (excluding diaryl/α,β-unsaturated/α-hetero) is 1. The molecule has 2 rings (SSSR count). The number of likely N-dealkylation sites (tertiary alicyclic amines) is 1. The van der Waals surface area contributed by atoms with Crippen LogP contribution in [0, 0.1) is 6.42 Å². The van der Waals surface area contributed by atoms with Crippen LogP contribution in [0.1, 0.15) is 48.9 Å². The van der Waals surface area contributed by atoms with Gasteiger partial charge in [0.25, 0.3) is 0 Å². The molecule has 1 aromatic rings. The largest absolute Gasteiger partial charge is 0.303 e. The van der Waals surface area contributed by atoms with Gasteiger partial charge in [-0.3, -0.25) is 4.79 Å². The molecule has 1 fully saturated rings. The summed E-state index contributed by atoms with van der Waals surface area (Å²) >= 11 is 12.1. The highest BCUT2D eigenvalue weighted by atomic mass is 35.5. The molecule has 1 aliphatic heterocycles. The predicted molar refractivity (Wildman–Crippen MR) is 89.2 cm³/mol. The summed E-state index contributed by atoms with van der Waals surface area (Å²) in [6, 6.07) is 5.19. The lowest BCUT2D eigenvalue weighted by atomic mass is 10.0. The van der Waals surface area contributed by atoms with Gasteiger partial charge >= 0.3 is 0 Å². The molecule has 115 valence electrons. The molecule has 0 spiro atoms. The van der Waals surface area contributed by atoms with Crippen molar-refractivity contribution >= 4 is 29.0 Å². The van der Waals surface area contributed by atoms with Crippen LogP contribution in [0.2, 0.25) is 10.0 Å². The van der Waals surface area contributed by atoms with Gasteiger partial charge in [0.05, 0.1) is 15.6 Å². The van der Waals surface area contributed by atoms with Crippen LogP contribution in [0.4, 0.5) is 0 Å². The van der Waals surface area contributed by atoms with E-state index in [1.54, 1.807) is 18.2 Å². The van der Waals surface area contributed by atoms with Crippen LogP contribution in [0.5, 0.6) is 0 Å². The fourth-order valence-corrected chi connectivity index (χ4v) is 3.32. The second-order valence-corrected chi connectivity index (χ2v) is 6.35. The van der Waals surface area contributed by atoms with Crippen molar-refractivity contribution in [3.63, 3.8) is 0 Å². The van der Waals surface area contributed by atoms with Crippen LogP contribution in [0.3, 0.4) is 0 Å². The Kier molecular flexibility index (Phi) is 7.01. The summed E-state index contributed by atoms with van der Waals surface area (Å²) in [5, 5.41) is 0.911. The maximum Gasteiger partial charge on any atom is 0.165 e. The Morgan fingerprint density at radius 2 is 1.71 bits per heavy atom. The summed E-state index contributed by atoms with van der Waals surface area (Å²) in [4.78, 5) is 14.7. The number of carbonyl (C=O) groups is 1. The molecule has 0 unspecified atom stereocenters. The minimum Gasteiger partial charge on any atom is -0.303 e. The number of unbranched alkanes of at least 4 members (excludes halogenated alkanes) is 2. The van der Waals surface area contributed by atoms with Gasteiger partial charge in [-0.1, -0.05) is 35.7 Å². The highest BCUT2D eigenvalue weighted by Crippen LogP contribution is 2.26. The van der Waals surface area contributed by atoms with Crippen LogP contribution in [-0.2, 0) is 0 Å². The molecule has 1 saturated heterocycles. The highest BCUT2D eigenvalue weighted by molar-refractivity contribution is 6.39. The minimum atomic E-state index is 0.0539. The number of carbonyl (C=O) groups excluding carboxylic acids is 1. The summed E-state index contributed by atoms with van der Waals surface area (Å²) in [5.41, 5.74) is 0.479. The summed E-state index contributed by atoms with van der Waals surface area (Å²) in [6.45, 7) is 3.53. The Labute approximate surface area is 137 Å². The number of hydrogen-bond donors (Lipinski definition) is 0. The Hall–Kier alpha value is -0.570. The molecule has 0 aromatic heterocycles. The van der Waals surface area contributed by atoms with Gasteiger partial charge in [0.2, 0.25) is 0 Å². The molecule has 0 saturated carbocycles. The van der Waals surface area contributed by atoms with Crippen molar-refractivity contribution in [2.75, 3.05) is 19.6 Å². The molecular weight excluding hydrogens is 305 g/mol. The van der Waals surface area contributed by atoms with Crippen molar-refractivity contribution in [3.05, 3.63) is 40.2 Å². The zero-order valence-corrected chi connectivity index (χ0v) is 13.8. The molecule has 1 radical (unpaired) electrons. The summed E-state index contributed by atoms with van der Waals surface area (Å²) < 4.78 is 0. The zero-order chi connectivity index (χ0) is 15.1. The third-order valence-corrected chi connectivity index (χ3v) is 4.55. The van der Waals surface area contributed by atoms with Gasteiger partial charge < -0.3 is 4.90 Å². The third kappa shape index (κ3) is 5.28. The van der Waals surface area contributed by atoms with E-state index in [0.29, 0.717) is 22.0 Å². The van der Waals surface area contributed by atoms with Crippen LogP contribution in [-0.4, -0.2) is 30.3 Å². The first-order chi connectivity index (χ1) is 10.2. The van der Waals surface area contributed by atoms with Crippen molar-refractivity contribution < 1.29 is 4.79 Å². The van der Waals surface area contributed by atoms with Gasteiger partial charge in [-0.15, -0.1) is 0 Å². The predicted octanol–water partition coefficient (Wildman–Crippen LogP) is 5.04. The number of hydrogen-bond acceptors (Lipinski definition) is 2.